The molecule has 2 N–H and O–H groups in total. The molecule has 106 valence electrons. The maximum Gasteiger partial charge on any atom is 0.144 e. The van der Waals surface area contributed by atoms with Gasteiger partial charge in [0.2, 0.25) is 0 Å². The minimum Gasteiger partial charge on any atom is -0.362 e. The van der Waals surface area contributed by atoms with Gasteiger partial charge in [0, 0.05) is 18.3 Å². The molecule has 0 fully saturated rings. The average molecular weight is 278 g/mol. The van der Waals surface area contributed by atoms with Gasteiger partial charge in [0.1, 0.15) is 12.3 Å². The minimum absolute atomic E-state index is 0.338. The molecule has 1 unspecified atom stereocenters. The number of fused-ring (bicyclic) bond motifs is 1. The smallest absolute Gasteiger partial charge is 0.144 e. The molecule has 0 bridgehead atoms. The van der Waals surface area contributed by atoms with Crippen molar-refractivity contribution in [2.75, 3.05) is 11.9 Å². The number of aldehydes is 1. The number of carbonyl (C=O) groups excluding carboxylic acids is 1. The first-order valence-electron chi connectivity index (χ1n) is 7.02. The maximum absolute atomic E-state index is 11.4. The van der Waals surface area contributed by atoms with E-state index in [1.165, 1.54) is 0 Å². The summed E-state index contributed by atoms with van der Waals surface area (Å²) in [6.45, 7) is 0. The molecule has 3 nitrogen and oxygen atoms in total. The highest BCUT2D eigenvalue weighted by Crippen LogP contribution is 2.35. The molecule has 1 aliphatic heterocycles. The van der Waals surface area contributed by atoms with Gasteiger partial charge in [-0.15, -0.1) is 0 Å². The van der Waals surface area contributed by atoms with E-state index in [-0.39, 0.29) is 12.1 Å². The van der Waals surface area contributed by atoms with Gasteiger partial charge in [0.25, 0.3) is 0 Å². The number of para-hydroxylation sites is 1. The number of nitrogens with zero attached hydrogens (tertiary/aromatic N) is 1. The van der Waals surface area contributed by atoms with Gasteiger partial charge in [-0.2, -0.15) is 0 Å². The molecule has 0 aromatic heterocycles. The second-order valence-electron chi connectivity index (χ2n) is 5.28. The SMILES string of the molecule is CN1c2ccccc2C(c2ccccc2)=C[C@H](N)C1C=O. The Hall–Kier alpha value is -2.39. The van der Waals surface area contributed by atoms with Crippen molar-refractivity contribution < 1.29 is 4.79 Å². The van der Waals surface area contributed by atoms with E-state index >= 15 is 0 Å². The Morgan fingerprint density at radius 3 is 2.43 bits per heavy atom. The number of rotatable bonds is 2. The van der Waals surface area contributed by atoms with Crippen molar-refractivity contribution in [3.8, 4) is 0 Å². The van der Waals surface area contributed by atoms with Crippen molar-refractivity contribution in [1.29, 1.82) is 0 Å². The van der Waals surface area contributed by atoms with E-state index in [0.29, 0.717) is 0 Å². The molecule has 0 radical (unpaired) electrons. The summed E-state index contributed by atoms with van der Waals surface area (Å²) in [7, 11) is 1.92. The molecule has 3 rings (SSSR count). The van der Waals surface area contributed by atoms with E-state index in [9.17, 15) is 4.79 Å². The quantitative estimate of drug-likeness (QED) is 0.858. The molecule has 1 aliphatic rings. The monoisotopic (exact) mass is 278 g/mol. The van der Waals surface area contributed by atoms with Crippen molar-refractivity contribution in [3.05, 3.63) is 71.8 Å². The average Bonchev–Trinajstić information content (AvgIpc) is 2.64. The zero-order chi connectivity index (χ0) is 14.8. The van der Waals surface area contributed by atoms with Crippen LogP contribution in [0.4, 0.5) is 5.69 Å². The lowest BCUT2D eigenvalue weighted by molar-refractivity contribution is -0.109. The predicted octanol–water partition coefficient (Wildman–Crippen LogP) is 2.46. The van der Waals surface area contributed by atoms with Crippen molar-refractivity contribution in [2.45, 2.75) is 12.1 Å². The highest BCUT2D eigenvalue weighted by Gasteiger charge is 2.27. The Morgan fingerprint density at radius 2 is 1.71 bits per heavy atom. The fraction of sp³-hybridized carbons (Fsp3) is 0.167. The standard InChI is InChI=1S/C18H18N2O/c1-20-17-10-6-5-9-14(17)15(11-16(19)18(20)12-21)13-7-3-2-4-8-13/h2-12,16,18H,19H2,1H3/t16-,18?/m0/s1. The van der Waals surface area contributed by atoms with Crippen LogP contribution in [0.3, 0.4) is 0 Å². The first kappa shape index (κ1) is 13.6. The van der Waals surface area contributed by atoms with Gasteiger partial charge in [0.15, 0.2) is 0 Å². The molecule has 0 spiro atoms. The number of nitrogens with two attached hydrogens (primary N) is 1. The van der Waals surface area contributed by atoms with Crippen molar-refractivity contribution in [3.63, 3.8) is 0 Å². The second kappa shape index (κ2) is 5.54. The van der Waals surface area contributed by atoms with E-state index in [1.807, 2.05) is 54.4 Å². The normalized spacial score (nSPS) is 21.2. The fourth-order valence-electron chi connectivity index (χ4n) is 2.86. The number of benzene rings is 2. The van der Waals surface area contributed by atoms with E-state index in [0.717, 1.165) is 28.7 Å². The Bertz CT molecular complexity index is 679. The third-order valence-electron chi connectivity index (χ3n) is 4.00. The molecule has 0 aliphatic carbocycles. The van der Waals surface area contributed by atoms with Gasteiger partial charge in [-0.05, 0) is 17.2 Å². The van der Waals surface area contributed by atoms with Gasteiger partial charge in [-0.1, -0.05) is 54.6 Å². The molecule has 0 amide bonds. The molecular formula is C18H18N2O. The molecule has 2 aromatic carbocycles. The molecule has 3 heteroatoms. The van der Waals surface area contributed by atoms with Crippen LogP contribution in [0.15, 0.2) is 60.7 Å². The Labute approximate surface area is 124 Å². The van der Waals surface area contributed by atoms with Gasteiger partial charge in [-0.25, -0.2) is 0 Å². The second-order valence-corrected chi connectivity index (χ2v) is 5.28. The minimum atomic E-state index is -0.354. The third-order valence-corrected chi connectivity index (χ3v) is 4.00. The lowest BCUT2D eigenvalue weighted by Gasteiger charge is -2.28. The molecule has 21 heavy (non-hydrogen) atoms. The zero-order valence-electron chi connectivity index (χ0n) is 11.9. The summed E-state index contributed by atoms with van der Waals surface area (Å²) in [5.74, 6) is 0. The maximum atomic E-state index is 11.4. The summed E-state index contributed by atoms with van der Waals surface area (Å²) in [4.78, 5) is 13.4. The number of hydrogen-bond acceptors (Lipinski definition) is 3. The van der Waals surface area contributed by atoms with Gasteiger partial charge in [-0.3, -0.25) is 0 Å². The summed E-state index contributed by atoms with van der Waals surface area (Å²) in [5.41, 5.74) is 10.6. The number of anilines is 1. The first-order valence-corrected chi connectivity index (χ1v) is 7.02. The summed E-state index contributed by atoms with van der Waals surface area (Å²) >= 11 is 0. The Morgan fingerprint density at radius 1 is 1.05 bits per heavy atom. The molecule has 1 heterocycles. The van der Waals surface area contributed by atoms with E-state index in [2.05, 4.69) is 18.2 Å². The van der Waals surface area contributed by atoms with Gasteiger partial charge >= 0.3 is 0 Å². The summed E-state index contributed by atoms with van der Waals surface area (Å²) in [6.07, 6.45) is 2.92. The van der Waals surface area contributed by atoms with Crippen LogP contribution in [-0.4, -0.2) is 25.4 Å². The number of hydrogen-bond donors (Lipinski definition) is 1. The van der Waals surface area contributed by atoms with Crippen molar-refractivity contribution in [1.82, 2.24) is 0 Å². The fourth-order valence-corrected chi connectivity index (χ4v) is 2.86. The van der Waals surface area contributed by atoms with Crippen LogP contribution < -0.4 is 10.6 Å². The molecule has 0 saturated heterocycles. The van der Waals surface area contributed by atoms with E-state index in [4.69, 9.17) is 5.73 Å². The molecule has 2 atom stereocenters. The lowest BCUT2D eigenvalue weighted by atomic mass is 9.95. The van der Waals surface area contributed by atoms with Crippen LogP contribution in [0.5, 0.6) is 0 Å². The van der Waals surface area contributed by atoms with Gasteiger partial charge in [0.05, 0.1) is 6.04 Å². The molecule has 0 saturated carbocycles. The van der Waals surface area contributed by atoms with Crippen LogP contribution >= 0.6 is 0 Å². The first-order chi connectivity index (χ1) is 10.2. The Kier molecular flexibility index (Phi) is 3.59. The topological polar surface area (TPSA) is 46.3 Å². The van der Waals surface area contributed by atoms with Crippen molar-refractivity contribution in [2.24, 2.45) is 5.73 Å². The number of carbonyl (C=O) groups is 1. The van der Waals surface area contributed by atoms with Crippen LogP contribution in [0, 0.1) is 0 Å². The zero-order valence-corrected chi connectivity index (χ0v) is 11.9. The van der Waals surface area contributed by atoms with E-state index < -0.39 is 0 Å². The van der Waals surface area contributed by atoms with Gasteiger partial charge < -0.3 is 15.4 Å². The highest BCUT2D eigenvalue weighted by molar-refractivity contribution is 5.89. The van der Waals surface area contributed by atoms with Crippen molar-refractivity contribution >= 4 is 17.5 Å². The van der Waals surface area contributed by atoms with Crippen LogP contribution in [0.25, 0.3) is 5.57 Å². The Balaban J connectivity index is 2.23. The largest absolute Gasteiger partial charge is 0.362 e. The lowest BCUT2D eigenvalue weighted by Crippen LogP contribution is -2.45. The van der Waals surface area contributed by atoms with Crippen LogP contribution in [0.2, 0.25) is 0 Å². The molecular weight excluding hydrogens is 260 g/mol. The summed E-state index contributed by atoms with van der Waals surface area (Å²) in [5, 5.41) is 0. The predicted molar refractivity (Wildman–Crippen MR) is 86.2 cm³/mol. The molecule has 2 aromatic rings. The summed E-state index contributed by atoms with van der Waals surface area (Å²) < 4.78 is 0. The number of likely N-dealkylation sites (N-methyl/N-ethyl adjacent to an activating group) is 1. The van der Waals surface area contributed by atoms with Crippen LogP contribution in [-0.2, 0) is 4.79 Å². The highest BCUT2D eigenvalue weighted by atomic mass is 16.1. The van der Waals surface area contributed by atoms with E-state index in [1.54, 1.807) is 0 Å². The summed E-state index contributed by atoms with van der Waals surface area (Å²) in [6, 6.07) is 17.5. The third kappa shape index (κ3) is 2.36. The van der Waals surface area contributed by atoms with Crippen LogP contribution in [0.1, 0.15) is 11.1 Å².